The molecule has 2 N–H and O–H groups in total. The van der Waals surface area contributed by atoms with Gasteiger partial charge in [0, 0.05) is 6.42 Å². The molecule has 1 fully saturated rings. The first kappa shape index (κ1) is 45.9. The molecule has 1 aliphatic heterocycles. The SMILES string of the molecule is CN(C)B1B(N(C)C)N(c2ccc(C(F)(F)F)cc2)[C](=[Pt])N1c1[c-]cc(C(F)(F)F)cc1.OC(CC(O)c1ccc(C(F)(F)F)cc1)c1ccc(C(F)(F)F)cc1. The Hall–Kier alpha value is -3.83. The number of benzene rings is 4. The van der Waals surface area contributed by atoms with E-state index in [1.54, 1.807) is 0 Å². The Kier molecular flexibility index (Phi) is 14.1. The van der Waals surface area contributed by atoms with Crippen molar-refractivity contribution in [3.8, 4) is 0 Å². The summed E-state index contributed by atoms with van der Waals surface area (Å²) in [5.41, 5.74) is -2.02. The minimum Gasteiger partial charge on any atom is -0.388 e. The summed E-state index contributed by atoms with van der Waals surface area (Å²) in [6, 6.07) is 18.4. The Labute approximate surface area is 331 Å². The van der Waals surface area contributed by atoms with Crippen molar-refractivity contribution in [2.75, 3.05) is 37.8 Å². The van der Waals surface area contributed by atoms with E-state index in [0.717, 1.165) is 72.8 Å². The Morgan fingerprint density at radius 3 is 1.19 bits per heavy atom. The molecule has 1 heterocycles. The Morgan fingerprint density at radius 1 is 0.544 bits per heavy atom. The van der Waals surface area contributed by atoms with Gasteiger partial charge in [0.1, 0.15) is 0 Å². The van der Waals surface area contributed by atoms with Gasteiger partial charge >= 0.3 is 207 Å². The summed E-state index contributed by atoms with van der Waals surface area (Å²) in [5, 5.41) is 20.0. The van der Waals surface area contributed by atoms with Crippen molar-refractivity contribution < 1.29 is 82.3 Å². The predicted molar refractivity (Wildman–Crippen MR) is 188 cm³/mol. The van der Waals surface area contributed by atoms with Crippen LogP contribution in [-0.4, -0.2) is 65.9 Å². The smallest absolute Gasteiger partial charge is 0.388 e. The van der Waals surface area contributed by atoms with Gasteiger partial charge in [-0.05, 0) is 35.4 Å². The topological polar surface area (TPSA) is 53.4 Å². The largest absolute Gasteiger partial charge is 0.416 e. The zero-order chi connectivity index (χ0) is 42.8. The Bertz CT molecular complexity index is 1800. The Balaban J connectivity index is 0.000000261. The van der Waals surface area contributed by atoms with E-state index >= 15 is 0 Å². The maximum absolute atomic E-state index is 13.0. The van der Waals surface area contributed by atoms with Gasteiger partial charge in [0.25, 0.3) is 0 Å². The number of hydrogen-bond donors (Lipinski definition) is 2. The average molecular weight is 998 g/mol. The maximum atomic E-state index is 13.0. The molecule has 0 radical (unpaired) electrons. The molecule has 0 aromatic heterocycles. The van der Waals surface area contributed by atoms with Gasteiger partial charge < -0.3 is 10.2 Å². The van der Waals surface area contributed by atoms with Crippen LogP contribution in [0.25, 0.3) is 0 Å². The third-order valence-corrected chi connectivity index (χ3v) is 9.86. The van der Waals surface area contributed by atoms with Crippen LogP contribution in [0.3, 0.4) is 0 Å². The van der Waals surface area contributed by atoms with Crippen molar-refractivity contribution in [1.29, 1.82) is 0 Å². The Morgan fingerprint density at radius 2 is 0.877 bits per heavy atom. The van der Waals surface area contributed by atoms with E-state index in [4.69, 9.17) is 0 Å². The van der Waals surface area contributed by atoms with Crippen LogP contribution in [0.5, 0.6) is 0 Å². The van der Waals surface area contributed by atoms with Gasteiger partial charge in [-0.25, -0.2) is 0 Å². The minimum absolute atomic E-state index is 0.166. The summed E-state index contributed by atoms with van der Waals surface area (Å²) in [6.45, 7) is -0.697. The fourth-order valence-electron chi connectivity index (χ4n) is 5.89. The second-order valence-corrected chi connectivity index (χ2v) is 14.3. The first-order chi connectivity index (χ1) is 26.2. The van der Waals surface area contributed by atoms with Gasteiger partial charge in [-0.3, -0.25) is 0 Å². The second kappa shape index (κ2) is 17.6. The molecule has 4 aromatic carbocycles. The molecule has 0 amide bonds. The van der Waals surface area contributed by atoms with Crippen molar-refractivity contribution in [1.82, 2.24) is 9.62 Å². The zero-order valence-corrected chi connectivity index (χ0v) is 32.5. The molecule has 21 heteroatoms. The third-order valence-electron chi connectivity index (χ3n) is 8.77. The molecule has 0 aliphatic carbocycles. The van der Waals surface area contributed by atoms with E-state index in [1.807, 2.05) is 66.8 Å². The van der Waals surface area contributed by atoms with Crippen molar-refractivity contribution in [3.63, 3.8) is 0 Å². The third kappa shape index (κ3) is 11.2. The van der Waals surface area contributed by atoms with E-state index < -0.39 is 59.2 Å². The molecular formula is C36H33B2F12N4O2Pt-. The van der Waals surface area contributed by atoms with Crippen LogP contribution in [0.1, 0.15) is 52.0 Å². The number of rotatable bonds is 8. The molecule has 57 heavy (non-hydrogen) atoms. The number of aliphatic hydroxyl groups excluding tert-OH is 2. The molecule has 4 aromatic rings. The quantitative estimate of drug-likeness (QED) is 0.105. The van der Waals surface area contributed by atoms with Crippen LogP contribution in [0.4, 0.5) is 64.1 Å². The molecule has 0 saturated carbocycles. The van der Waals surface area contributed by atoms with Crippen LogP contribution in [0.15, 0.2) is 91.0 Å². The molecule has 2 atom stereocenters. The van der Waals surface area contributed by atoms with Crippen molar-refractivity contribution >= 4 is 29.3 Å². The van der Waals surface area contributed by atoms with E-state index in [1.165, 1.54) is 18.2 Å². The summed E-state index contributed by atoms with van der Waals surface area (Å²) in [4.78, 5) is 7.49. The van der Waals surface area contributed by atoms with Crippen LogP contribution in [0, 0.1) is 6.07 Å². The number of anilines is 2. The normalized spacial score (nSPS) is 15.4. The second-order valence-electron chi connectivity index (χ2n) is 13.2. The summed E-state index contributed by atoms with van der Waals surface area (Å²) < 4.78 is 154. The molecular weight excluding hydrogens is 965 g/mol. The molecule has 1 saturated heterocycles. The van der Waals surface area contributed by atoms with E-state index in [9.17, 15) is 62.9 Å². The van der Waals surface area contributed by atoms with Gasteiger partial charge in [0.15, 0.2) is 0 Å². The first-order valence-electron chi connectivity index (χ1n) is 16.6. The van der Waals surface area contributed by atoms with Gasteiger partial charge in [0.05, 0.1) is 23.3 Å². The maximum Gasteiger partial charge on any atom is 0.416 e. The van der Waals surface area contributed by atoms with Crippen LogP contribution in [0.2, 0.25) is 0 Å². The zero-order valence-electron chi connectivity index (χ0n) is 30.2. The van der Waals surface area contributed by atoms with Gasteiger partial charge in [-0.2, -0.15) is 26.3 Å². The fraction of sp³-hybridized carbons (Fsp3) is 0.306. The minimum atomic E-state index is -4.50. The molecule has 5 rings (SSSR count). The van der Waals surface area contributed by atoms with E-state index in [0.29, 0.717) is 15.5 Å². The van der Waals surface area contributed by atoms with Crippen LogP contribution >= 0.6 is 0 Å². The van der Waals surface area contributed by atoms with E-state index in [-0.39, 0.29) is 31.3 Å². The number of hydrogen-bond acceptors (Lipinski definition) is 6. The summed E-state index contributed by atoms with van der Waals surface area (Å²) in [6.07, 6.45) is -20.7. The standard InChI is InChI=1S/C19H19B2F6N4.C17H14F6O2.Pt/c1-28(2)20-21(29(3)4)31(17-11-7-15(8-12-17)19(25,26)27)13-30(20)16-9-5-14(6-10-16)18(22,23)24;18-16(19,20)12-5-1-10(2-6-12)14(24)9-15(25)11-3-7-13(8-4-11)17(21,22)23;/h5-11H,1-4H3;1-8,14-15,24-25H,9H2;/q-1;;. The molecule has 1 aliphatic rings. The van der Waals surface area contributed by atoms with Crippen molar-refractivity contribution in [2.45, 2.75) is 43.3 Å². The summed E-state index contributed by atoms with van der Waals surface area (Å²) in [7, 11) is 7.34. The summed E-state index contributed by atoms with van der Waals surface area (Å²) >= 11 is 2.04. The average Bonchev–Trinajstić information content (AvgIpc) is 3.44. The number of nitrogens with zero attached hydrogens (tertiary/aromatic N) is 4. The molecule has 2 unspecified atom stereocenters. The molecule has 0 bridgehead atoms. The van der Waals surface area contributed by atoms with Crippen molar-refractivity contribution in [3.05, 3.63) is 130 Å². The van der Waals surface area contributed by atoms with Gasteiger partial charge in [0.2, 0.25) is 0 Å². The van der Waals surface area contributed by atoms with Crippen LogP contribution < -0.4 is 9.62 Å². The first-order valence-corrected chi connectivity index (χ1v) is 17.7. The fourth-order valence-corrected chi connectivity index (χ4v) is 7.06. The number of aliphatic hydroxyl groups is 2. The summed E-state index contributed by atoms with van der Waals surface area (Å²) in [5.74, 6) is 0. The van der Waals surface area contributed by atoms with Crippen LogP contribution in [-0.2, 0) is 44.1 Å². The molecule has 310 valence electrons. The van der Waals surface area contributed by atoms with Crippen molar-refractivity contribution in [2.24, 2.45) is 0 Å². The van der Waals surface area contributed by atoms with Gasteiger partial charge in [-0.15, -0.1) is 0 Å². The molecule has 0 spiro atoms. The monoisotopic (exact) mass is 998 g/mol. The number of halogens is 12. The van der Waals surface area contributed by atoms with E-state index in [2.05, 4.69) is 6.07 Å². The van der Waals surface area contributed by atoms with Gasteiger partial charge in [-0.1, -0.05) is 24.3 Å². The number of alkyl halides is 12. The molecule has 6 nitrogen and oxygen atoms in total. The predicted octanol–water partition coefficient (Wildman–Crippen LogP) is 8.54.